The molecule has 0 radical (unpaired) electrons. The fourth-order valence-corrected chi connectivity index (χ4v) is 0. The van der Waals surface area contributed by atoms with Crippen LogP contribution in [0.1, 0.15) is 132 Å². The maximum absolute atomic E-state index is 4.60. The van der Waals surface area contributed by atoms with Gasteiger partial charge in [-0.1, -0.05) is 111 Å². The van der Waals surface area contributed by atoms with Crippen molar-refractivity contribution in [2.24, 2.45) is 0 Å². The second-order valence-corrected chi connectivity index (χ2v) is 1.50. The van der Waals surface area contributed by atoms with E-state index in [1.165, 1.54) is 6.42 Å². The van der Waals surface area contributed by atoms with Crippen molar-refractivity contribution in [3.8, 4) is 37.0 Å². The fourth-order valence-electron chi connectivity index (χ4n) is 0. The van der Waals surface area contributed by atoms with Gasteiger partial charge in [0.2, 0.25) is 0 Å². The molecule has 30 heavy (non-hydrogen) atoms. The monoisotopic (exact) mass is 616 g/mol. The average Bonchev–Trinajstić information content (AvgIpc) is 2.73. The number of hydrogen-bond donors (Lipinski definition) is 0. The molecule has 0 aliphatic heterocycles. The van der Waals surface area contributed by atoms with Crippen LogP contribution in [0.4, 0.5) is 0 Å². The largest absolute Gasteiger partial charge is 4.00 e. The quantitative estimate of drug-likeness (QED) is 0.188. The first-order chi connectivity index (χ1) is 11.7. The van der Waals surface area contributed by atoms with Gasteiger partial charge in [0.15, 0.2) is 0 Å². The van der Waals surface area contributed by atoms with Crippen molar-refractivity contribution >= 4 is 0 Å². The number of terminal acetylenes is 2. The van der Waals surface area contributed by atoms with Crippen LogP contribution in [0.15, 0.2) is 0 Å². The molecule has 0 aromatic carbocycles. The summed E-state index contributed by atoms with van der Waals surface area (Å²) in [6.07, 6.45) is 13.8. The zero-order valence-electron chi connectivity index (χ0n) is 25.3. The first-order valence-electron chi connectivity index (χ1n) is 9.79. The Balaban J connectivity index is -0.00000000514. The van der Waals surface area contributed by atoms with Crippen molar-refractivity contribution in [3.63, 3.8) is 0 Å². The van der Waals surface area contributed by atoms with Crippen molar-refractivity contribution in [1.29, 1.82) is 0 Å². The van der Waals surface area contributed by atoms with Crippen LogP contribution < -0.4 is 0 Å². The van der Waals surface area contributed by atoms with Crippen LogP contribution in [0, 0.1) is 66.7 Å². The summed E-state index contributed by atoms with van der Waals surface area (Å²) in [6.45, 7) is 33.5. The zero-order valence-corrected chi connectivity index (χ0v) is 27.5. The van der Waals surface area contributed by atoms with Crippen molar-refractivity contribution in [1.82, 2.24) is 0 Å². The van der Waals surface area contributed by atoms with Gasteiger partial charge in [0, 0.05) is 0 Å². The van der Waals surface area contributed by atoms with E-state index in [1.807, 2.05) is 96.9 Å². The van der Waals surface area contributed by atoms with Crippen LogP contribution in [0.5, 0.6) is 0 Å². The average molecular weight is 616 g/mol. The number of rotatable bonds is 0. The predicted molar refractivity (Wildman–Crippen MR) is 160 cm³/mol. The van der Waals surface area contributed by atoms with Gasteiger partial charge in [-0.3, -0.25) is 0 Å². The van der Waals surface area contributed by atoms with Crippen molar-refractivity contribution < 1.29 is 21.1 Å². The summed E-state index contributed by atoms with van der Waals surface area (Å²) >= 11 is 0. The molecule has 0 atom stereocenters. The first-order valence-corrected chi connectivity index (χ1v) is 9.79. The normalized spacial score (nSPS) is 2.60. The molecule has 1 heteroatoms. The van der Waals surface area contributed by atoms with E-state index < -0.39 is 0 Å². The fraction of sp³-hybridized carbons (Fsp3) is 0.655. The molecule has 0 spiro atoms. The maximum Gasteiger partial charge on any atom is 4.00 e. The van der Waals surface area contributed by atoms with Gasteiger partial charge >= 0.3 is 21.1 Å². The summed E-state index contributed by atoms with van der Waals surface area (Å²) in [4.78, 5) is 0. The molecular weight excluding hydrogens is 543 g/mol. The standard InChI is InChI=1S/C4H6.C3H8.C3H4.6C2H6.C2H2.CH4.4CH3.Pt/c1-3-4-2;2*1-3-2;7*1-2;;;;;;/h1-2H3;3H2,1-2H3;1H,2H3;6*1-2H3;1-2H;1H4;4*1H3;/q;;;;;;;;;;;4*-1;+4. The molecule has 0 aliphatic carbocycles. The van der Waals surface area contributed by atoms with E-state index in [0.717, 1.165) is 0 Å². The maximum atomic E-state index is 4.60. The Labute approximate surface area is 218 Å². The minimum absolute atomic E-state index is 0. The van der Waals surface area contributed by atoms with Gasteiger partial charge in [0.1, 0.15) is 0 Å². The third-order valence-electron chi connectivity index (χ3n) is 0.250. The summed E-state index contributed by atoms with van der Waals surface area (Å²) in [5.74, 6) is 7.61. The smallest absolute Gasteiger partial charge is 0.358 e. The van der Waals surface area contributed by atoms with E-state index in [-0.39, 0.29) is 58.2 Å². The van der Waals surface area contributed by atoms with Crippen molar-refractivity contribution in [2.75, 3.05) is 0 Å². The third-order valence-corrected chi connectivity index (χ3v) is 0.250. The molecule has 0 bridgehead atoms. The molecule has 0 unspecified atom stereocenters. The number of hydrogen-bond acceptors (Lipinski definition) is 0. The molecule has 0 aromatic heterocycles. The Hall–Kier alpha value is -0.632. The van der Waals surface area contributed by atoms with E-state index >= 15 is 0 Å². The predicted octanol–water partition coefficient (Wildman–Crippen LogP) is 11.9. The van der Waals surface area contributed by atoms with Gasteiger partial charge in [-0.05, 0) is 20.8 Å². The SMILES string of the molecule is C.C#C.C#CC.CC.CC.CC.CC.CC.CC.CC#CC.CCC.[CH3-].[CH3-].[CH3-].[CH3-].[Pt+4]. The second kappa shape index (κ2) is 1870. The molecule has 0 N–H and O–H groups in total. The molecular formula is C29H72Pt. The Kier molecular flexibility index (Phi) is 8260. The summed E-state index contributed by atoms with van der Waals surface area (Å²) in [5, 5.41) is 0. The van der Waals surface area contributed by atoms with Gasteiger partial charge < -0.3 is 29.7 Å². The molecule has 0 fully saturated rings. The Bertz CT molecular complexity index is 133. The third kappa shape index (κ3) is 140000. The van der Waals surface area contributed by atoms with Crippen LogP contribution in [-0.2, 0) is 21.1 Å². The minimum atomic E-state index is 0. The Morgan fingerprint density at radius 3 is 0.533 bits per heavy atom. The molecule has 0 amide bonds. The van der Waals surface area contributed by atoms with Crippen LogP contribution in [0.2, 0.25) is 0 Å². The van der Waals surface area contributed by atoms with Crippen LogP contribution in [0.25, 0.3) is 0 Å². The first kappa shape index (κ1) is 132. The Morgan fingerprint density at radius 2 is 0.533 bits per heavy atom. The van der Waals surface area contributed by atoms with Gasteiger partial charge in [-0.2, -0.15) is 0 Å². The topological polar surface area (TPSA) is 0 Å². The van der Waals surface area contributed by atoms with E-state index in [1.54, 1.807) is 6.92 Å². The van der Waals surface area contributed by atoms with Gasteiger partial charge in [-0.15, -0.1) is 37.0 Å². The summed E-state index contributed by atoms with van der Waals surface area (Å²) in [7, 11) is 0. The van der Waals surface area contributed by atoms with Crippen molar-refractivity contribution in [2.45, 2.75) is 132 Å². The van der Waals surface area contributed by atoms with E-state index in [2.05, 4.69) is 50.9 Å². The minimum Gasteiger partial charge on any atom is -0.358 e. The summed E-state index contributed by atoms with van der Waals surface area (Å²) in [5.41, 5.74) is 0. The second-order valence-electron chi connectivity index (χ2n) is 1.50. The van der Waals surface area contributed by atoms with Gasteiger partial charge in [0.25, 0.3) is 0 Å². The van der Waals surface area contributed by atoms with Crippen LogP contribution in [-0.4, -0.2) is 0 Å². The zero-order chi connectivity index (χ0) is 22.8. The molecule has 198 valence electrons. The molecule has 0 aliphatic rings. The van der Waals surface area contributed by atoms with Gasteiger partial charge in [-0.25, -0.2) is 0 Å². The molecule has 0 aromatic rings. The molecule has 0 nitrogen and oxygen atoms in total. The molecule has 0 saturated heterocycles. The summed E-state index contributed by atoms with van der Waals surface area (Å²) in [6, 6.07) is 0. The molecule has 0 saturated carbocycles. The van der Waals surface area contributed by atoms with Gasteiger partial charge in [0.05, 0.1) is 0 Å². The van der Waals surface area contributed by atoms with Crippen molar-refractivity contribution in [3.05, 3.63) is 29.7 Å². The summed E-state index contributed by atoms with van der Waals surface area (Å²) < 4.78 is 0. The molecule has 0 rings (SSSR count). The van der Waals surface area contributed by atoms with E-state index in [4.69, 9.17) is 0 Å². The van der Waals surface area contributed by atoms with Crippen LogP contribution >= 0.6 is 0 Å². The molecule has 0 heterocycles. The Morgan fingerprint density at radius 1 is 0.500 bits per heavy atom. The van der Waals surface area contributed by atoms with E-state index in [0.29, 0.717) is 0 Å². The van der Waals surface area contributed by atoms with E-state index in [9.17, 15) is 0 Å². The van der Waals surface area contributed by atoms with Crippen LogP contribution in [0.3, 0.4) is 0 Å².